The van der Waals surface area contributed by atoms with Gasteiger partial charge in [-0.15, -0.1) is 0 Å². The molecule has 0 aliphatic carbocycles. The first-order valence-electron chi connectivity index (χ1n) is 13.1. The van der Waals surface area contributed by atoms with Crippen LogP contribution >= 0.6 is 0 Å². The maximum absolute atomic E-state index is 13.8. The van der Waals surface area contributed by atoms with E-state index in [0.717, 1.165) is 56.9 Å². The number of ether oxygens (including phenoxy) is 1. The number of carbonyl (C=O) groups is 2. The summed E-state index contributed by atoms with van der Waals surface area (Å²) in [5.74, 6) is 0.800. The number of carbonyl (C=O) groups excluding carboxylic acids is 2. The molecule has 0 radical (unpaired) electrons. The molecule has 2 saturated heterocycles. The molecule has 38 heavy (non-hydrogen) atoms. The highest BCUT2D eigenvalue weighted by Crippen LogP contribution is 2.41. The van der Waals surface area contributed by atoms with Crippen LogP contribution < -0.4 is 5.32 Å². The number of aromatic amines is 1. The highest BCUT2D eigenvalue weighted by molar-refractivity contribution is 6.04. The lowest BCUT2D eigenvalue weighted by molar-refractivity contribution is 0.0290. The number of piperazine rings is 1. The highest BCUT2D eigenvalue weighted by Gasteiger charge is 2.46. The van der Waals surface area contributed by atoms with Gasteiger partial charge in [0.15, 0.2) is 5.82 Å². The number of urea groups is 1. The topological polar surface area (TPSA) is 118 Å². The maximum atomic E-state index is 13.8. The standard InChI is InChI=1S/C27H35N7O3.CH4/c1-18-15-32(16-20-8-12-37-13-9-20)10-11-33(18)26(36)34-17-22-23(27(34,2)3)30-31-24(22)29-25(35)21-6-4-19(14-28)5-7-21;/h4-7,18,20H,8-13,15-17H2,1-3H3,(H2,29,30,31,35);1H4/t18-;/m0./s1. The normalized spacial score (nSPS) is 21.4. The van der Waals surface area contributed by atoms with Gasteiger partial charge >= 0.3 is 6.03 Å². The summed E-state index contributed by atoms with van der Waals surface area (Å²) in [6.07, 6.45) is 2.23. The maximum Gasteiger partial charge on any atom is 0.321 e. The van der Waals surface area contributed by atoms with Gasteiger partial charge in [-0.1, -0.05) is 7.43 Å². The average molecular weight is 522 g/mol. The summed E-state index contributed by atoms with van der Waals surface area (Å²) in [4.78, 5) is 32.9. The third-order valence-electron chi connectivity index (χ3n) is 8.02. The second-order valence-electron chi connectivity index (χ2n) is 10.9. The molecule has 10 nitrogen and oxygen atoms in total. The molecular weight excluding hydrogens is 482 g/mol. The first-order chi connectivity index (χ1) is 17.8. The van der Waals surface area contributed by atoms with E-state index in [2.05, 4.69) is 33.4 Å². The minimum Gasteiger partial charge on any atom is -0.381 e. The van der Waals surface area contributed by atoms with E-state index in [1.807, 2.05) is 23.6 Å². The van der Waals surface area contributed by atoms with Crippen LogP contribution in [0.3, 0.4) is 0 Å². The molecule has 2 fully saturated rings. The highest BCUT2D eigenvalue weighted by atomic mass is 16.5. The van der Waals surface area contributed by atoms with E-state index in [4.69, 9.17) is 10.00 Å². The number of fused-ring (bicyclic) bond motifs is 1. The Morgan fingerprint density at radius 2 is 1.92 bits per heavy atom. The lowest BCUT2D eigenvalue weighted by atomic mass is 9.99. The van der Waals surface area contributed by atoms with Crippen LogP contribution in [-0.2, 0) is 16.8 Å². The molecule has 2 N–H and O–H groups in total. The molecule has 5 rings (SSSR count). The zero-order chi connectivity index (χ0) is 26.2. The summed E-state index contributed by atoms with van der Waals surface area (Å²) in [6, 6.07) is 8.62. The number of hydrogen-bond acceptors (Lipinski definition) is 6. The molecule has 0 bridgehead atoms. The first kappa shape index (κ1) is 27.6. The van der Waals surface area contributed by atoms with Crippen molar-refractivity contribution in [3.63, 3.8) is 0 Å². The van der Waals surface area contributed by atoms with E-state index in [1.165, 1.54) is 0 Å². The summed E-state index contributed by atoms with van der Waals surface area (Å²) in [6.45, 7) is 11.7. The van der Waals surface area contributed by atoms with E-state index >= 15 is 0 Å². The van der Waals surface area contributed by atoms with E-state index in [1.54, 1.807) is 24.3 Å². The van der Waals surface area contributed by atoms with E-state index in [9.17, 15) is 9.59 Å². The SMILES string of the molecule is C.C[C@H]1CN(CC2CCOCC2)CCN1C(=O)N1Cc2c(NC(=O)c3ccc(C#N)cc3)n[nH]c2C1(C)C. The largest absolute Gasteiger partial charge is 0.381 e. The van der Waals surface area contributed by atoms with Crippen molar-refractivity contribution in [1.29, 1.82) is 5.26 Å². The number of nitrogens with one attached hydrogen (secondary N) is 2. The van der Waals surface area contributed by atoms with Crippen molar-refractivity contribution < 1.29 is 14.3 Å². The molecule has 2 aromatic rings. The second kappa shape index (κ2) is 11.1. The Balaban J connectivity index is 0.00000336. The quantitative estimate of drug-likeness (QED) is 0.632. The molecule has 0 spiro atoms. The minimum atomic E-state index is -0.588. The summed E-state index contributed by atoms with van der Waals surface area (Å²) in [7, 11) is 0. The van der Waals surface area contributed by atoms with E-state index < -0.39 is 5.54 Å². The van der Waals surface area contributed by atoms with Gasteiger partial charge in [-0.05, 0) is 63.8 Å². The van der Waals surface area contributed by atoms with Crippen LogP contribution in [-0.4, -0.2) is 82.3 Å². The van der Waals surface area contributed by atoms with Crippen molar-refractivity contribution in [2.24, 2.45) is 5.92 Å². The van der Waals surface area contributed by atoms with Crippen molar-refractivity contribution in [3.8, 4) is 6.07 Å². The van der Waals surface area contributed by atoms with Gasteiger partial charge in [-0.2, -0.15) is 10.4 Å². The molecule has 0 saturated carbocycles. The molecular formula is C28H39N7O3. The fourth-order valence-electron chi connectivity index (χ4n) is 5.73. The van der Waals surface area contributed by atoms with Gasteiger partial charge in [-0.25, -0.2) is 4.79 Å². The zero-order valence-corrected chi connectivity index (χ0v) is 21.8. The molecule has 204 valence electrons. The Morgan fingerprint density at radius 3 is 2.58 bits per heavy atom. The molecule has 3 amide bonds. The van der Waals surface area contributed by atoms with Crippen molar-refractivity contribution in [1.82, 2.24) is 24.9 Å². The third-order valence-corrected chi connectivity index (χ3v) is 8.02. The number of amides is 3. The van der Waals surface area contributed by atoms with Crippen molar-refractivity contribution in [2.75, 3.05) is 44.7 Å². The lowest BCUT2D eigenvalue weighted by Gasteiger charge is -2.44. The van der Waals surface area contributed by atoms with Gasteiger partial charge in [0.1, 0.15) is 0 Å². The van der Waals surface area contributed by atoms with E-state index in [0.29, 0.717) is 36.0 Å². The van der Waals surface area contributed by atoms with Crippen molar-refractivity contribution in [2.45, 2.75) is 59.2 Å². The Kier molecular flexibility index (Phi) is 8.09. The molecule has 3 aliphatic heterocycles. The average Bonchev–Trinajstić information content (AvgIpc) is 3.42. The predicted octanol–water partition coefficient (Wildman–Crippen LogP) is 3.77. The van der Waals surface area contributed by atoms with Crippen LogP contribution in [0, 0.1) is 17.2 Å². The molecule has 0 unspecified atom stereocenters. The van der Waals surface area contributed by atoms with Crippen molar-refractivity contribution >= 4 is 17.8 Å². The predicted molar refractivity (Wildman–Crippen MR) is 145 cm³/mol. The smallest absolute Gasteiger partial charge is 0.321 e. The monoisotopic (exact) mass is 521 g/mol. The number of aromatic nitrogens is 2. The number of anilines is 1. The molecule has 10 heteroatoms. The fraction of sp³-hybridized carbons (Fsp3) is 0.571. The zero-order valence-electron chi connectivity index (χ0n) is 21.8. The van der Waals surface area contributed by atoms with Crippen LogP contribution in [0.15, 0.2) is 24.3 Å². The number of nitrogens with zero attached hydrogens (tertiary/aromatic N) is 5. The molecule has 1 atom stereocenters. The Labute approximate surface area is 224 Å². The van der Waals surface area contributed by atoms with Crippen molar-refractivity contribution in [3.05, 3.63) is 46.6 Å². The minimum absolute atomic E-state index is 0. The van der Waals surface area contributed by atoms with Crippen LogP contribution in [0.25, 0.3) is 0 Å². The lowest BCUT2D eigenvalue weighted by Crippen LogP contribution is -2.59. The van der Waals surface area contributed by atoms with Gasteiger partial charge in [-0.3, -0.25) is 14.8 Å². The number of hydrogen-bond donors (Lipinski definition) is 2. The Bertz CT molecular complexity index is 1190. The summed E-state index contributed by atoms with van der Waals surface area (Å²) < 4.78 is 5.50. The van der Waals surface area contributed by atoms with E-state index in [-0.39, 0.29) is 25.4 Å². The van der Waals surface area contributed by atoms with Crippen LogP contribution in [0.2, 0.25) is 0 Å². The number of benzene rings is 1. The second-order valence-corrected chi connectivity index (χ2v) is 10.9. The molecule has 4 heterocycles. The number of H-pyrrole nitrogens is 1. The van der Waals surface area contributed by atoms with Gasteiger partial charge in [0.25, 0.3) is 5.91 Å². The fourth-order valence-corrected chi connectivity index (χ4v) is 5.73. The van der Waals surface area contributed by atoms with Crippen LogP contribution in [0.5, 0.6) is 0 Å². The van der Waals surface area contributed by atoms with Gasteiger partial charge < -0.3 is 19.9 Å². The third kappa shape index (κ3) is 5.26. The first-order valence-corrected chi connectivity index (χ1v) is 13.1. The summed E-state index contributed by atoms with van der Waals surface area (Å²) in [5.41, 5.74) is 2.00. The van der Waals surface area contributed by atoms with Gasteiger partial charge in [0.05, 0.1) is 29.4 Å². The van der Waals surface area contributed by atoms with Gasteiger partial charge in [0, 0.05) is 56.6 Å². The Hall–Kier alpha value is -3.42. The summed E-state index contributed by atoms with van der Waals surface area (Å²) >= 11 is 0. The molecule has 3 aliphatic rings. The number of rotatable bonds is 4. The van der Waals surface area contributed by atoms with Crippen LogP contribution in [0.1, 0.15) is 68.2 Å². The molecule has 1 aromatic heterocycles. The number of nitriles is 1. The molecule has 1 aromatic carbocycles. The Morgan fingerprint density at radius 1 is 1.21 bits per heavy atom. The van der Waals surface area contributed by atoms with Crippen LogP contribution in [0.4, 0.5) is 10.6 Å². The van der Waals surface area contributed by atoms with Gasteiger partial charge in [0.2, 0.25) is 0 Å². The summed E-state index contributed by atoms with van der Waals surface area (Å²) in [5, 5.41) is 19.3.